The lowest BCUT2D eigenvalue weighted by molar-refractivity contribution is 0.222. The molecule has 0 aromatic carbocycles. The fourth-order valence-electron chi connectivity index (χ4n) is 2.55. The molecular weight excluding hydrogens is 160 g/mol. The molecule has 3 atom stereocenters. The number of nitrogens with one attached hydrogen (secondary N) is 1. The van der Waals surface area contributed by atoms with E-state index in [0.29, 0.717) is 0 Å². The van der Waals surface area contributed by atoms with E-state index in [0.717, 1.165) is 24.9 Å². The number of hydrogen-bond donors (Lipinski definition) is 1. The van der Waals surface area contributed by atoms with E-state index < -0.39 is 0 Å². The number of rotatable bonds is 3. The maximum Gasteiger partial charge on any atom is 0.0212 e. The Morgan fingerprint density at radius 2 is 2.23 bits per heavy atom. The molecule has 2 aliphatic heterocycles. The minimum atomic E-state index is 0.743. The van der Waals surface area contributed by atoms with Crippen LogP contribution in [-0.4, -0.2) is 37.1 Å². The highest BCUT2D eigenvalue weighted by molar-refractivity contribution is 4.92. The van der Waals surface area contributed by atoms with E-state index >= 15 is 0 Å². The first kappa shape index (κ1) is 9.05. The molecule has 2 aliphatic rings. The van der Waals surface area contributed by atoms with Gasteiger partial charge in [-0.25, -0.2) is 0 Å². The Morgan fingerprint density at radius 1 is 1.38 bits per heavy atom. The summed E-state index contributed by atoms with van der Waals surface area (Å²) >= 11 is 0. The van der Waals surface area contributed by atoms with E-state index in [2.05, 4.69) is 16.1 Å². The van der Waals surface area contributed by atoms with Crippen LogP contribution >= 0.6 is 0 Å². The standard InChI is InChI=1S/C11H18N2/c1-2-3-6-12-11-5-8-13-7-4-10(11)9-13/h1,10-12H,3-9H2. The van der Waals surface area contributed by atoms with Crippen molar-refractivity contribution in [2.75, 3.05) is 26.2 Å². The number of terminal acetylenes is 1. The average Bonchev–Trinajstić information content (AvgIpc) is 2.53. The van der Waals surface area contributed by atoms with E-state index in [1.807, 2.05) is 0 Å². The van der Waals surface area contributed by atoms with Crippen LogP contribution in [-0.2, 0) is 0 Å². The summed E-state index contributed by atoms with van der Waals surface area (Å²) in [7, 11) is 0. The predicted molar refractivity (Wildman–Crippen MR) is 54.4 cm³/mol. The van der Waals surface area contributed by atoms with Crippen molar-refractivity contribution in [3.63, 3.8) is 0 Å². The van der Waals surface area contributed by atoms with E-state index in [1.165, 1.54) is 32.5 Å². The van der Waals surface area contributed by atoms with Crippen molar-refractivity contribution in [2.24, 2.45) is 5.92 Å². The van der Waals surface area contributed by atoms with Crippen molar-refractivity contribution in [3.8, 4) is 12.3 Å². The van der Waals surface area contributed by atoms with Crippen LogP contribution in [0, 0.1) is 18.3 Å². The maximum absolute atomic E-state index is 5.22. The average molecular weight is 178 g/mol. The van der Waals surface area contributed by atoms with Gasteiger partial charge in [-0.15, -0.1) is 12.3 Å². The molecule has 0 spiro atoms. The fourth-order valence-corrected chi connectivity index (χ4v) is 2.55. The van der Waals surface area contributed by atoms with Gasteiger partial charge in [-0.05, 0) is 31.8 Å². The Balaban J connectivity index is 1.76. The molecule has 0 amide bonds. The number of fused-ring (bicyclic) bond motifs is 2. The van der Waals surface area contributed by atoms with Crippen LogP contribution < -0.4 is 5.32 Å². The van der Waals surface area contributed by atoms with Gasteiger partial charge in [-0.1, -0.05) is 0 Å². The summed E-state index contributed by atoms with van der Waals surface area (Å²) in [6, 6.07) is 0.743. The molecule has 0 saturated carbocycles. The summed E-state index contributed by atoms with van der Waals surface area (Å²) in [5, 5.41) is 3.58. The second-order valence-electron chi connectivity index (χ2n) is 4.15. The van der Waals surface area contributed by atoms with Crippen LogP contribution in [0.15, 0.2) is 0 Å². The van der Waals surface area contributed by atoms with Crippen molar-refractivity contribution in [1.29, 1.82) is 0 Å². The summed E-state index contributed by atoms with van der Waals surface area (Å²) in [5.41, 5.74) is 0. The summed E-state index contributed by atoms with van der Waals surface area (Å²) < 4.78 is 0. The Hall–Kier alpha value is -0.520. The van der Waals surface area contributed by atoms with Gasteiger partial charge in [0.25, 0.3) is 0 Å². The Morgan fingerprint density at radius 3 is 3.08 bits per heavy atom. The van der Waals surface area contributed by atoms with E-state index in [9.17, 15) is 0 Å². The second kappa shape index (κ2) is 4.13. The molecule has 2 heteroatoms. The van der Waals surface area contributed by atoms with Gasteiger partial charge < -0.3 is 10.2 Å². The Labute approximate surface area is 80.7 Å². The Kier molecular flexibility index (Phi) is 2.87. The van der Waals surface area contributed by atoms with Gasteiger partial charge in [0.05, 0.1) is 0 Å². The van der Waals surface area contributed by atoms with Crippen molar-refractivity contribution in [2.45, 2.75) is 25.3 Å². The monoisotopic (exact) mass is 178 g/mol. The normalized spacial score (nSPS) is 37.3. The quantitative estimate of drug-likeness (QED) is 0.505. The van der Waals surface area contributed by atoms with Crippen molar-refractivity contribution in [1.82, 2.24) is 10.2 Å². The van der Waals surface area contributed by atoms with Gasteiger partial charge in [-0.3, -0.25) is 0 Å². The van der Waals surface area contributed by atoms with Gasteiger partial charge in [-0.2, -0.15) is 0 Å². The summed E-state index contributed by atoms with van der Waals surface area (Å²) in [5.74, 6) is 3.57. The lowest BCUT2D eigenvalue weighted by Gasteiger charge is -2.30. The zero-order chi connectivity index (χ0) is 9.10. The third-order valence-corrected chi connectivity index (χ3v) is 3.31. The number of piperidine rings is 1. The SMILES string of the molecule is C#CCCNC1CCN2CCC1C2. The molecule has 72 valence electrons. The molecule has 0 aromatic heterocycles. The third kappa shape index (κ3) is 2.04. The number of nitrogens with zero attached hydrogens (tertiary/aromatic N) is 1. The lowest BCUT2D eigenvalue weighted by Crippen LogP contribution is -2.44. The first-order chi connectivity index (χ1) is 6.40. The molecule has 2 fully saturated rings. The predicted octanol–water partition coefficient (Wildman–Crippen LogP) is 0.694. The summed E-state index contributed by atoms with van der Waals surface area (Å²) in [4.78, 5) is 2.57. The molecule has 1 N–H and O–H groups in total. The zero-order valence-corrected chi connectivity index (χ0v) is 8.13. The molecule has 2 heterocycles. The topological polar surface area (TPSA) is 15.3 Å². The second-order valence-corrected chi connectivity index (χ2v) is 4.15. The van der Waals surface area contributed by atoms with Gasteiger partial charge in [0.1, 0.15) is 0 Å². The largest absolute Gasteiger partial charge is 0.313 e. The van der Waals surface area contributed by atoms with Gasteiger partial charge >= 0.3 is 0 Å². The first-order valence-corrected chi connectivity index (χ1v) is 5.29. The molecule has 2 nitrogen and oxygen atoms in total. The van der Waals surface area contributed by atoms with Crippen molar-refractivity contribution >= 4 is 0 Å². The summed E-state index contributed by atoms with van der Waals surface area (Å²) in [6.45, 7) is 4.91. The fraction of sp³-hybridized carbons (Fsp3) is 0.818. The highest BCUT2D eigenvalue weighted by Crippen LogP contribution is 2.26. The van der Waals surface area contributed by atoms with E-state index in [4.69, 9.17) is 6.42 Å². The van der Waals surface area contributed by atoms with Crippen molar-refractivity contribution < 1.29 is 0 Å². The highest BCUT2D eigenvalue weighted by atomic mass is 15.2. The smallest absolute Gasteiger partial charge is 0.0212 e. The zero-order valence-electron chi connectivity index (χ0n) is 8.13. The molecule has 0 aromatic rings. The molecule has 2 rings (SSSR count). The molecule has 2 bridgehead atoms. The van der Waals surface area contributed by atoms with E-state index in [1.54, 1.807) is 0 Å². The molecule has 2 saturated heterocycles. The van der Waals surface area contributed by atoms with Crippen LogP contribution in [0.2, 0.25) is 0 Å². The minimum Gasteiger partial charge on any atom is -0.313 e. The molecule has 13 heavy (non-hydrogen) atoms. The highest BCUT2D eigenvalue weighted by Gasteiger charge is 2.33. The minimum absolute atomic E-state index is 0.743. The van der Waals surface area contributed by atoms with Crippen LogP contribution in [0.1, 0.15) is 19.3 Å². The van der Waals surface area contributed by atoms with Gasteiger partial charge in [0, 0.05) is 25.6 Å². The molecular formula is C11H18N2. The Bertz CT molecular complexity index is 207. The maximum atomic E-state index is 5.22. The van der Waals surface area contributed by atoms with Gasteiger partial charge in [0.2, 0.25) is 0 Å². The van der Waals surface area contributed by atoms with E-state index in [-0.39, 0.29) is 0 Å². The van der Waals surface area contributed by atoms with Crippen LogP contribution in [0.4, 0.5) is 0 Å². The van der Waals surface area contributed by atoms with Crippen LogP contribution in [0.5, 0.6) is 0 Å². The van der Waals surface area contributed by atoms with Gasteiger partial charge in [0.15, 0.2) is 0 Å². The third-order valence-electron chi connectivity index (χ3n) is 3.31. The number of hydrogen-bond acceptors (Lipinski definition) is 2. The van der Waals surface area contributed by atoms with Crippen LogP contribution in [0.3, 0.4) is 0 Å². The molecule has 0 aliphatic carbocycles. The van der Waals surface area contributed by atoms with Crippen molar-refractivity contribution in [3.05, 3.63) is 0 Å². The lowest BCUT2D eigenvalue weighted by atomic mass is 9.94. The summed E-state index contributed by atoms with van der Waals surface area (Å²) in [6.07, 6.45) is 8.79. The molecule has 3 unspecified atom stereocenters. The first-order valence-electron chi connectivity index (χ1n) is 5.29. The molecule has 0 radical (unpaired) electrons. The van der Waals surface area contributed by atoms with Crippen LogP contribution in [0.25, 0.3) is 0 Å².